The topological polar surface area (TPSA) is 35.8 Å². The van der Waals surface area contributed by atoms with Crippen LogP contribution in [0.3, 0.4) is 0 Å². The molecule has 15 heavy (non-hydrogen) atoms. The van der Waals surface area contributed by atoms with E-state index >= 15 is 0 Å². The number of rotatable bonds is 4. The lowest BCUT2D eigenvalue weighted by atomic mass is 10.2. The second-order valence-electron chi connectivity index (χ2n) is 3.12. The highest BCUT2D eigenvalue weighted by atomic mass is 35.5. The second kappa shape index (κ2) is 5.61. The van der Waals surface area contributed by atoms with Crippen molar-refractivity contribution in [3.63, 3.8) is 0 Å². The molecular formula is C11H15ClN2O. The summed E-state index contributed by atoms with van der Waals surface area (Å²) in [6.45, 7) is 6.08. The van der Waals surface area contributed by atoms with E-state index in [4.69, 9.17) is 16.8 Å². The number of anilines is 1. The molecule has 0 aliphatic rings. The van der Waals surface area contributed by atoms with Crippen molar-refractivity contribution in [2.75, 3.05) is 18.0 Å². The van der Waals surface area contributed by atoms with Gasteiger partial charge in [-0.2, -0.15) is 0 Å². The van der Waals surface area contributed by atoms with Gasteiger partial charge in [-0.25, -0.2) is 0 Å². The molecule has 0 radical (unpaired) electrons. The molecule has 82 valence electrons. The summed E-state index contributed by atoms with van der Waals surface area (Å²) in [5, 5.41) is 12.0. The van der Waals surface area contributed by atoms with Crippen LogP contribution in [-0.2, 0) is 0 Å². The molecular weight excluding hydrogens is 212 g/mol. The Labute approximate surface area is 95.0 Å². The third-order valence-corrected chi connectivity index (χ3v) is 2.64. The normalized spacial score (nSPS) is 10.9. The monoisotopic (exact) mass is 226 g/mol. The summed E-state index contributed by atoms with van der Waals surface area (Å²) in [5.41, 5.74) is 1.80. The second-order valence-corrected chi connectivity index (χ2v) is 3.53. The molecule has 3 nitrogen and oxygen atoms in total. The molecule has 0 saturated carbocycles. The van der Waals surface area contributed by atoms with Gasteiger partial charge in [0.2, 0.25) is 0 Å². The zero-order chi connectivity index (χ0) is 11.3. The fraction of sp³-hybridized carbons (Fsp3) is 0.364. The highest BCUT2D eigenvalue weighted by molar-refractivity contribution is 6.33. The van der Waals surface area contributed by atoms with E-state index in [1.54, 1.807) is 0 Å². The van der Waals surface area contributed by atoms with Crippen LogP contribution < -0.4 is 4.90 Å². The van der Waals surface area contributed by atoms with Crippen LogP contribution in [0.4, 0.5) is 5.69 Å². The van der Waals surface area contributed by atoms with Crippen molar-refractivity contribution in [1.29, 1.82) is 0 Å². The molecule has 0 atom stereocenters. The summed E-state index contributed by atoms with van der Waals surface area (Å²) in [5.74, 6) is 0. The van der Waals surface area contributed by atoms with Crippen LogP contribution in [0.25, 0.3) is 0 Å². The van der Waals surface area contributed by atoms with Crippen molar-refractivity contribution in [2.24, 2.45) is 5.16 Å². The van der Waals surface area contributed by atoms with Gasteiger partial charge in [-0.15, -0.1) is 0 Å². The van der Waals surface area contributed by atoms with Crippen LogP contribution >= 0.6 is 11.6 Å². The molecule has 0 heterocycles. The number of nitrogens with zero attached hydrogens (tertiary/aromatic N) is 2. The zero-order valence-electron chi connectivity index (χ0n) is 8.94. The minimum Gasteiger partial charge on any atom is -0.411 e. The first-order valence-corrected chi connectivity index (χ1v) is 5.32. The lowest BCUT2D eigenvalue weighted by Gasteiger charge is -2.21. The summed E-state index contributed by atoms with van der Waals surface area (Å²) in [7, 11) is 0. The molecule has 1 aromatic rings. The van der Waals surface area contributed by atoms with Crippen LogP contribution in [0.1, 0.15) is 19.4 Å². The molecule has 0 aliphatic carbocycles. The van der Waals surface area contributed by atoms with E-state index in [0.29, 0.717) is 5.02 Å². The van der Waals surface area contributed by atoms with Crippen molar-refractivity contribution in [2.45, 2.75) is 13.8 Å². The number of hydrogen-bond acceptors (Lipinski definition) is 3. The molecule has 0 fully saturated rings. The van der Waals surface area contributed by atoms with E-state index in [9.17, 15) is 0 Å². The summed E-state index contributed by atoms with van der Waals surface area (Å²) < 4.78 is 0. The fourth-order valence-corrected chi connectivity index (χ4v) is 1.69. The van der Waals surface area contributed by atoms with Gasteiger partial charge in [0.25, 0.3) is 0 Å². The number of halogens is 1. The predicted octanol–water partition coefficient (Wildman–Crippen LogP) is 2.99. The Morgan fingerprint density at radius 1 is 1.40 bits per heavy atom. The van der Waals surface area contributed by atoms with Gasteiger partial charge in [-0.3, -0.25) is 0 Å². The zero-order valence-corrected chi connectivity index (χ0v) is 9.70. The fourth-order valence-electron chi connectivity index (χ4n) is 1.47. The Kier molecular flexibility index (Phi) is 4.43. The average molecular weight is 227 g/mol. The quantitative estimate of drug-likeness (QED) is 0.487. The summed E-state index contributed by atoms with van der Waals surface area (Å²) in [6, 6.07) is 5.69. The predicted molar refractivity (Wildman–Crippen MR) is 64.4 cm³/mol. The molecule has 1 aromatic carbocycles. The van der Waals surface area contributed by atoms with Crippen molar-refractivity contribution >= 4 is 23.5 Å². The molecule has 0 amide bonds. The molecule has 0 spiro atoms. The van der Waals surface area contributed by atoms with E-state index in [2.05, 4.69) is 23.9 Å². The van der Waals surface area contributed by atoms with E-state index in [-0.39, 0.29) is 0 Å². The van der Waals surface area contributed by atoms with Gasteiger partial charge in [0.05, 0.1) is 11.2 Å². The Balaban J connectivity index is 2.99. The van der Waals surface area contributed by atoms with Crippen molar-refractivity contribution in [3.05, 3.63) is 28.8 Å². The summed E-state index contributed by atoms with van der Waals surface area (Å²) in [4.78, 5) is 2.20. The molecule has 0 unspecified atom stereocenters. The van der Waals surface area contributed by atoms with E-state index < -0.39 is 0 Å². The van der Waals surface area contributed by atoms with Crippen molar-refractivity contribution in [3.8, 4) is 0 Å². The lowest BCUT2D eigenvalue weighted by Crippen LogP contribution is -2.21. The first-order valence-electron chi connectivity index (χ1n) is 4.94. The molecule has 0 aliphatic heterocycles. The Morgan fingerprint density at radius 3 is 2.53 bits per heavy atom. The van der Waals surface area contributed by atoms with Gasteiger partial charge in [-0.1, -0.05) is 16.8 Å². The van der Waals surface area contributed by atoms with Crippen molar-refractivity contribution in [1.82, 2.24) is 0 Å². The van der Waals surface area contributed by atoms with Crippen LogP contribution in [0.2, 0.25) is 5.02 Å². The van der Waals surface area contributed by atoms with E-state index in [1.807, 2.05) is 18.2 Å². The van der Waals surface area contributed by atoms with Gasteiger partial charge in [0.1, 0.15) is 0 Å². The molecule has 0 saturated heterocycles. The van der Waals surface area contributed by atoms with E-state index in [0.717, 1.165) is 24.3 Å². The van der Waals surface area contributed by atoms with Gasteiger partial charge in [0, 0.05) is 24.3 Å². The van der Waals surface area contributed by atoms with Gasteiger partial charge >= 0.3 is 0 Å². The Hall–Kier alpha value is -1.22. The number of oxime groups is 1. The summed E-state index contributed by atoms with van der Waals surface area (Å²) >= 11 is 6.04. The number of benzene rings is 1. The standard InChI is InChI=1S/C11H15ClN2O/c1-3-14(4-2)10-6-5-9(8-13-15)11(12)7-10/h5-8,15H,3-4H2,1-2H3. The Morgan fingerprint density at radius 2 is 2.07 bits per heavy atom. The molecule has 4 heteroatoms. The van der Waals surface area contributed by atoms with Crippen LogP contribution in [0.15, 0.2) is 23.4 Å². The van der Waals surface area contributed by atoms with Crippen LogP contribution in [0, 0.1) is 0 Å². The molecule has 0 aromatic heterocycles. The van der Waals surface area contributed by atoms with Crippen LogP contribution in [0.5, 0.6) is 0 Å². The minimum absolute atomic E-state index is 0.595. The SMILES string of the molecule is CCN(CC)c1ccc(C=NO)c(Cl)c1. The van der Waals surface area contributed by atoms with Crippen molar-refractivity contribution < 1.29 is 5.21 Å². The third-order valence-electron chi connectivity index (χ3n) is 2.31. The maximum absolute atomic E-state index is 8.42. The highest BCUT2D eigenvalue weighted by Crippen LogP contribution is 2.22. The minimum atomic E-state index is 0.595. The third kappa shape index (κ3) is 2.86. The highest BCUT2D eigenvalue weighted by Gasteiger charge is 2.04. The first kappa shape index (κ1) is 11.9. The molecule has 1 rings (SSSR count). The Bertz CT molecular complexity index is 348. The largest absolute Gasteiger partial charge is 0.411 e. The molecule has 1 N–H and O–H groups in total. The maximum atomic E-state index is 8.42. The van der Waals surface area contributed by atoms with Gasteiger partial charge < -0.3 is 10.1 Å². The average Bonchev–Trinajstić information content (AvgIpc) is 2.24. The number of hydrogen-bond donors (Lipinski definition) is 1. The lowest BCUT2D eigenvalue weighted by molar-refractivity contribution is 0.322. The smallest absolute Gasteiger partial charge is 0.0748 e. The first-order chi connectivity index (χ1) is 7.22. The van der Waals surface area contributed by atoms with Gasteiger partial charge in [-0.05, 0) is 32.0 Å². The van der Waals surface area contributed by atoms with Gasteiger partial charge in [0.15, 0.2) is 0 Å². The van der Waals surface area contributed by atoms with E-state index in [1.165, 1.54) is 6.21 Å². The molecule has 0 bridgehead atoms. The summed E-state index contributed by atoms with van der Waals surface area (Å²) in [6.07, 6.45) is 1.33. The van der Waals surface area contributed by atoms with Crippen LogP contribution in [-0.4, -0.2) is 24.5 Å². The maximum Gasteiger partial charge on any atom is 0.0748 e.